The van der Waals surface area contributed by atoms with E-state index in [4.69, 9.17) is 4.18 Å². The lowest BCUT2D eigenvalue weighted by Crippen LogP contribution is -2.59. The minimum atomic E-state index is -2.83. The quantitative estimate of drug-likeness (QED) is 0.820. The SMILES string of the molecule is O=[SH](=O)Oc1ccc2c(c1)C[C@H]1NCC[C@@]23CCCC[C@@H]13. The summed E-state index contributed by atoms with van der Waals surface area (Å²) >= 11 is 0. The third kappa shape index (κ3) is 2.09. The number of hydrogen-bond acceptors (Lipinski definition) is 4. The maximum absolute atomic E-state index is 10.8. The van der Waals surface area contributed by atoms with Crippen LogP contribution in [0.1, 0.15) is 43.2 Å². The van der Waals surface area contributed by atoms with E-state index in [0.717, 1.165) is 18.9 Å². The molecule has 1 saturated heterocycles. The fourth-order valence-corrected chi connectivity index (χ4v) is 5.36. The predicted molar refractivity (Wildman–Crippen MR) is 81.1 cm³/mol. The summed E-state index contributed by atoms with van der Waals surface area (Å²) in [4.78, 5) is 0. The second-order valence-corrected chi connectivity index (χ2v) is 7.29. The second-order valence-electron chi connectivity index (χ2n) is 6.66. The van der Waals surface area contributed by atoms with Gasteiger partial charge in [0.25, 0.3) is 11.0 Å². The highest BCUT2D eigenvalue weighted by molar-refractivity contribution is 7.67. The zero-order valence-electron chi connectivity index (χ0n) is 12.0. The Morgan fingerprint density at radius 2 is 2.14 bits per heavy atom. The van der Waals surface area contributed by atoms with Crippen LogP contribution in [0.15, 0.2) is 18.2 Å². The smallest absolute Gasteiger partial charge is 0.299 e. The molecule has 2 bridgehead atoms. The first-order valence-corrected chi connectivity index (χ1v) is 8.98. The van der Waals surface area contributed by atoms with Crippen molar-refractivity contribution in [3.05, 3.63) is 29.3 Å². The molecule has 0 unspecified atom stereocenters. The molecule has 5 heteroatoms. The largest absolute Gasteiger partial charge is 0.384 e. The van der Waals surface area contributed by atoms with Crippen molar-refractivity contribution in [3.63, 3.8) is 0 Å². The molecule has 1 aliphatic heterocycles. The van der Waals surface area contributed by atoms with E-state index in [2.05, 4.69) is 11.4 Å². The average molecular weight is 307 g/mol. The first kappa shape index (κ1) is 13.6. The summed E-state index contributed by atoms with van der Waals surface area (Å²) in [6.45, 7) is 1.10. The van der Waals surface area contributed by atoms with Gasteiger partial charge in [0.1, 0.15) is 5.75 Å². The Bertz CT molecular complexity index is 630. The van der Waals surface area contributed by atoms with Crippen LogP contribution < -0.4 is 9.50 Å². The van der Waals surface area contributed by atoms with Gasteiger partial charge in [0.2, 0.25) is 0 Å². The van der Waals surface area contributed by atoms with Crippen molar-refractivity contribution in [3.8, 4) is 5.75 Å². The minimum Gasteiger partial charge on any atom is -0.384 e. The molecule has 114 valence electrons. The Hall–Kier alpha value is -1.07. The third-order valence-corrected chi connectivity index (χ3v) is 6.15. The van der Waals surface area contributed by atoms with E-state index in [9.17, 15) is 8.42 Å². The van der Waals surface area contributed by atoms with E-state index in [1.54, 1.807) is 0 Å². The van der Waals surface area contributed by atoms with Gasteiger partial charge < -0.3 is 9.50 Å². The maximum atomic E-state index is 10.8. The molecule has 0 amide bonds. The Labute approximate surface area is 127 Å². The number of hydrogen-bond donors (Lipinski definition) is 2. The number of nitrogens with one attached hydrogen (secondary N) is 1. The van der Waals surface area contributed by atoms with Gasteiger partial charge in [0.05, 0.1) is 0 Å². The summed E-state index contributed by atoms with van der Waals surface area (Å²) in [6, 6.07) is 6.44. The molecule has 1 aromatic carbocycles. The minimum absolute atomic E-state index is 0.319. The van der Waals surface area contributed by atoms with Crippen LogP contribution in [0.2, 0.25) is 0 Å². The van der Waals surface area contributed by atoms with Crippen LogP contribution in [0, 0.1) is 5.92 Å². The molecule has 3 atom stereocenters. The lowest BCUT2D eigenvalue weighted by Gasteiger charge is -2.56. The van der Waals surface area contributed by atoms with Crippen molar-refractivity contribution in [2.75, 3.05) is 6.54 Å². The first-order valence-electron chi connectivity index (χ1n) is 7.88. The lowest BCUT2D eigenvalue weighted by molar-refractivity contribution is 0.0797. The molecular weight excluding hydrogens is 286 g/mol. The zero-order chi connectivity index (χ0) is 14.4. The van der Waals surface area contributed by atoms with Crippen LogP contribution in [-0.4, -0.2) is 21.0 Å². The lowest BCUT2D eigenvalue weighted by atomic mass is 9.53. The first-order chi connectivity index (χ1) is 10.2. The van der Waals surface area contributed by atoms with Gasteiger partial charge in [-0.25, -0.2) is 0 Å². The standard InChI is InChI=1S/C16H21NO3S/c18-21(19)20-12-4-5-13-11(9-12)10-15-14-3-1-2-6-16(13,14)7-8-17-15/h4-5,9,14-15,17,21H,1-3,6-8,10H2/t14-,15+,16-/m0/s1. The van der Waals surface area contributed by atoms with E-state index in [1.165, 1.54) is 43.2 Å². The van der Waals surface area contributed by atoms with Gasteiger partial charge in [-0.3, -0.25) is 0 Å². The van der Waals surface area contributed by atoms with Gasteiger partial charge in [-0.05, 0) is 61.4 Å². The summed E-state index contributed by atoms with van der Waals surface area (Å²) in [5, 5.41) is 3.69. The number of piperidine rings is 1. The molecule has 1 heterocycles. The van der Waals surface area contributed by atoms with E-state index in [-0.39, 0.29) is 0 Å². The molecule has 1 N–H and O–H groups in total. The van der Waals surface area contributed by atoms with Gasteiger partial charge >= 0.3 is 0 Å². The topological polar surface area (TPSA) is 55.4 Å². The Balaban J connectivity index is 1.80. The molecule has 2 aliphatic carbocycles. The summed E-state index contributed by atoms with van der Waals surface area (Å²) in [5.41, 5.74) is 3.05. The monoisotopic (exact) mass is 307 g/mol. The van der Waals surface area contributed by atoms with Crippen molar-refractivity contribution in [2.24, 2.45) is 5.92 Å². The molecule has 2 fully saturated rings. The molecular formula is C16H21NO3S. The van der Waals surface area contributed by atoms with Crippen molar-refractivity contribution in [2.45, 2.75) is 50.0 Å². The summed E-state index contributed by atoms with van der Waals surface area (Å²) < 4.78 is 26.4. The van der Waals surface area contributed by atoms with Crippen LogP contribution in [0.4, 0.5) is 0 Å². The highest BCUT2D eigenvalue weighted by atomic mass is 32.2. The molecule has 3 aliphatic rings. The molecule has 21 heavy (non-hydrogen) atoms. The van der Waals surface area contributed by atoms with Crippen LogP contribution in [0.3, 0.4) is 0 Å². The fraction of sp³-hybridized carbons (Fsp3) is 0.625. The Morgan fingerprint density at radius 1 is 1.24 bits per heavy atom. The van der Waals surface area contributed by atoms with Crippen molar-refractivity contribution < 1.29 is 12.6 Å². The molecule has 0 spiro atoms. The van der Waals surface area contributed by atoms with E-state index in [1.807, 2.05) is 12.1 Å². The van der Waals surface area contributed by atoms with Gasteiger partial charge in [0, 0.05) is 11.5 Å². The molecule has 0 radical (unpaired) electrons. The molecule has 4 nitrogen and oxygen atoms in total. The van der Waals surface area contributed by atoms with Gasteiger partial charge in [-0.2, -0.15) is 8.42 Å². The van der Waals surface area contributed by atoms with Gasteiger partial charge in [-0.15, -0.1) is 0 Å². The average Bonchev–Trinajstić information content (AvgIpc) is 2.46. The Kier molecular flexibility index (Phi) is 3.23. The molecule has 1 saturated carbocycles. The van der Waals surface area contributed by atoms with Crippen LogP contribution in [-0.2, 0) is 22.8 Å². The molecule has 0 aromatic heterocycles. The number of fused-ring (bicyclic) bond motifs is 1. The van der Waals surface area contributed by atoms with Crippen LogP contribution in [0.25, 0.3) is 0 Å². The van der Waals surface area contributed by atoms with E-state index in [0.29, 0.717) is 17.2 Å². The number of benzene rings is 1. The van der Waals surface area contributed by atoms with E-state index >= 15 is 0 Å². The maximum Gasteiger partial charge on any atom is 0.299 e. The normalized spacial score (nSPS) is 34.1. The van der Waals surface area contributed by atoms with Crippen molar-refractivity contribution in [1.29, 1.82) is 0 Å². The fourth-order valence-electron chi connectivity index (χ4n) is 5.07. The van der Waals surface area contributed by atoms with E-state index < -0.39 is 11.0 Å². The molecule has 1 aromatic rings. The summed E-state index contributed by atoms with van der Waals surface area (Å²) in [5.74, 6) is 1.20. The summed E-state index contributed by atoms with van der Waals surface area (Å²) in [7, 11) is -2.83. The highest BCUT2D eigenvalue weighted by Crippen LogP contribution is 2.54. The van der Waals surface area contributed by atoms with Crippen LogP contribution in [0.5, 0.6) is 5.75 Å². The second kappa shape index (κ2) is 4.99. The third-order valence-electron chi connectivity index (χ3n) is 5.79. The van der Waals surface area contributed by atoms with Crippen molar-refractivity contribution in [1.82, 2.24) is 5.32 Å². The van der Waals surface area contributed by atoms with Gasteiger partial charge in [-0.1, -0.05) is 18.9 Å². The zero-order valence-corrected chi connectivity index (χ0v) is 12.9. The summed E-state index contributed by atoms with van der Waals surface area (Å²) in [6.07, 6.45) is 7.46. The van der Waals surface area contributed by atoms with Crippen molar-refractivity contribution >= 4 is 11.0 Å². The number of rotatable bonds is 2. The Morgan fingerprint density at radius 3 is 3.00 bits per heavy atom. The van der Waals surface area contributed by atoms with Crippen LogP contribution >= 0.6 is 0 Å². The highest BCUT2D eigenvalue weighted by Gasteiger charge is 2.51. The molecule has 4 rings (SSSR count). The predicted octanol–water partition coefficient (Wildman–Crippen LogP) is 1.94. The van der Waals surface area contributed by atoms with Gasteiger partial charge in [0.15, 0.2) is 0 Å². The number of thiol groups is 1.